The first-order valence-electron chi connectivity index (χ1n) is 8.62. The van der Waals surface area contributed by atoms with Gasteiger partial charge in [-0.2, -0.15) is 0 Å². The van der Waals surface area contributed by atoms with Gasteiger partial charge in [0.1, 0.15) is 0 Å². The van der Waals surface area contributed by atoms with Crippen LogP contribution in [0.2, 0.25) is 0 Å². The van der Waals surface area contributed by atoms with E-state index in [1.807, 2.05) is 48.5 Å². The fourth-order valence-electron chi connectivity index (χ4n) is 3.17. The maximum atomic E-state index is 12.6. The van der Waals surface area contributed by atoms with Crippen LogP contribution in [-0.2, 0) is 0 Å². The lowest BCUT2D eigenvalue weighted by Crippen LogP contribution is -2.28. The Morgan fingerprint density at radius 1 is 0.923 bits per heavy atom. The third kappa shape index (κ3) is 3.35. The third-order valence-electron chi connectivity index (χ3n) is 4.55. The molecule has 0 aliphatic carbocycles. The summed E-state index contributed by atoms with van der Waals surface area (Å²) in [6.45, 7) is 0.536. The minimum absolute atomic E-state index is 0.0848. The maximum absolute atomic E-state index is 12.6. The van der Waals surface area contributed by atoms with Gasteiger partial charge in [0.2, 0.25) is 0 Å². The van der Waals surface area contributed by atoms with Gasteiger partial charge in [-0.1, -0.05) is 60.7 Å². The van der Waals surface area contributed by atoms with E-state index in [1.165, 1.54) is 11.1 Å². The minimum Gasteiger partial charge on any atom is -0.351 e. The van der Waals surface area contributed by atoms with E-state index in [0.29, 0.717) is 12.1 Å². The Kier molecular flexibility index (Phi) is 4.48. The summed E-state index contributed by atoms with van der Waals surface area (Å²) in [7, 11) is 0. The van der Waals surface area contributed by atoms with Gasteiger partial charge in [0.15, 0.2) is 0 Å². The fraction of sp³-hybridized carbons (Fsp3) is 0.0909. The number of imidazole rings is 1. The lowest BCUT2D eigenvalue weighted by Gasteiger charge is -2.19. The summed E-state index contributed by atoms with van der Waals surface area (Å²) in [6, 6.07) is 26.0. The molecule has 1 aromatic heterocycles. The molecule has 0 atom stereocenters. The number of rotatable bonds is 5. The number of hydrogen-bond donors (Lipinski definition) is 2. The molecule has 4 rings (SSSR count). The number of carbonyl (C=O) groups excluding carboxylic acids is 1. The molecule has 4 heteroatoms. The van der Waals surface area contributed by atoms with Crippen molar-refractivity contribution in [1.82, 2.24) is 15.3 Å². The molecule has 0 saturated carbocycles. The average molecular weight is 341 g/mol. The van der Waals surface area contributed by atoms with Gasteiger partial charge in [0.25, 0.3) is 5.91 Å². The molecule has 1 heterocycles. The number of nitrogens with zero attached hydrogens (tertiary/aromatic N) is 1. The maximum Gasteiger partial charge on any atom is 0.251 e. The number of carbonyl (C=O) groups is 1. The zero-order valence-electron chi connectivity index (χ0n) is 14.2. The molecular formula is C22H19N3O. The molecule has 0 unspecified atom stereocenters. The van der Waals surface area contributed by atoms with Gasteiger partial charge in [-0.25, -0.2) is 4.98 Å². The number of aromatic nitrogens is 2. The van der Waals surface area contributed by atoms with Gasteiger partial charge in [0.05, 0.1) is 17.4 Å². The van der Waals surface area contributed by atoms with Gasteiger partial charge >= 0.3 is 0 Å². The number of H-pyrrole nitrogens is 1. The van der Waals surface area contributed by atoms with E-state index in [2.05, 4.69) is 39.6 Å². The van der Waals surface area contributed by atoms with Crippen LogP contribution in [0.25, 0.3) is 11.0 Å². The Bertz CT molecular complexity index is 970. The largest absolute Gasteiger partial charge is 0.351 e. The fourth-order valence-corrected chi connectivity index (χ4v) is 3.17. The second-order valence-corrected chi connectivity index (χ2v) is 6.22. The van der Waals surface area contributed by atoms with Gasteiger partial charge in [-0.3, -0.25) is 4.79 Å². The lowest BCUT2D eigenvalue weighted by atomic mass is 9.91. The summed E-state index contributed by atoms with van der Waals surface area (Å²) in [5, 5.41) is 3.08. The van der Waals surface area contributed by atoms with E-state index in [9.17, 15) is 4.79 Å². The average Bonchev–Trinajstić information content (AvgIpc) is 3.17. The van der Waals surface area contributed by atoms with E-state index < -0.39 is 0 Å². The van der Waals surface area contributed by atoms with Crippen LogP contribution in [0.3, 0.4) is 0 Å². The van der Waals surface area contributed by atoms with Crippen molar-refractivity contribution < 1.29 is 4.79 Å². The Labute approximate surface area is 151 Å². The quantitative estimate of drug-likeness (QED) is 0.573. The van der Waals surface area contributed by atoms with Crippen LogP contribution in [0.1, 0.15) is 27.4 Å². The standard InChI is InChI=1S/C22H19N3O/c26-22(18-11-12-20-21(13-18)25-15-24-20)23-14-19(16-7-3-1-4-8-16)17-9-5-2-6-10-17/h1-13,15,19H,14H2,(H,23,26)(H,24,25). The zero-order chi connectivity index (χ0) is 17.8. The molecule has 0 bridgehead atoms. The Balaban J connectivity index is 1.55. The minimum atomic E-state index is -0.0848. The Morgan fingerprint density at radius 2 is 1.58 bits per heavy atom. The van der Waals surface area contributed by atoms with Crippen LogP contribution in [0, 0.1) is 0 Å². The highest BCUT2D eigenvalue weighted by Gasteiger charge is 2.16. The van der Waals surface area contributed by atoms with E-state index in [1.54, 1.807) is 12.4 Å². The monoisotopic (exact) mass is 341 g/mol. The summed E-state index contributed by atoms with van der Waals surface area (Å²) >= 11 is 0. The number of benzene rings is 3. The summed E-state index contributed by atoms with van der Waals surface area (Å²) < 4.78 is 0. The summed E-state index contributed by atoms with van der Waals surface area (Å²) in [6.07, 6.45) is 1.63. The molecule has 0 radical (unpaired) electrons. The molecule has 2 N–H and O–H groups in total. The van der Waals surface area contributed by atoms with Crippen molar-refractivity contribution in [1.29, 1.82) is 0 Å². The predicted octanol–water partition coefficient (Wildman–Crippen LogP) is 4.12. The van der Waals surface area contributed by atoms with Gasteiger partial charge in [-0.05, 0) is 29.3 Å². The van der Waals surface area contributed by atoms with E-state index in [4.69, 9.17) is 0 Å². The molecule has 4 nitrogen and oxygen atoms in total. The van der Waals surface area contributed by atoms with Gasteiger partial charge in [0, 0.05) is 18.0 Å². The van der Waals surface area contributed by atoms with Crippen molar-refractivity contribution >= 4 is 16.9 Å². The highest BCUT2D eigenvalue weighted by atomic mass is 16.1. The smallest absolute Gasteiger partial charge is 0.251 e. The number of aromatic amines is 1. The third-order valence-corrected chi connectivity index (χ3v) is 4.55. The number of fused-ring (bicyclic) bond motifs is 1. The van der Waals surface area contributed by atoms with Crippen molar-refractivity contribution in [2.24, 2.45) is 0 Å². The molecule has 0 saturated heterocycles. The molecule has 26 heavy (non-hydrogen) atoms. The zero-order valence-corrected chi connectivity index (χ0v) is 14.2. The molecule has 128 valence electrons. The summed E-state index contributed by atoms with van der Waals surface area (Å²) in [5.74, 6) is 0.0237. The van der Waals surface area contributed by atoms with E-state index in [0.717, 1.165) is 11.0 Å². The first-order chi connectivity index (χ1) is 12.8. The lowest BCUT2D eigenvalue weighted by molar-refractivity contribution is 0.0952. The molecule has 0 aliphatic heterocycles. The van der Waals surface area contributed by atoms with Crippen molar-refractivity contribution in [2.45, 2.75) is 5.92 Å². The van der Waals surface area contributed by atoms with Crippen molar-refractivity contribution in [3.63, 3.8) is 0 Å². The number of amides is 1. The first kappa shape index (κ1) is 16.1. The van der Waals surface area contributed by atoms with Crippen molar-refractivity contribution in [2.75, 3.05) is 6.54 Å². The topological polar surface area (TPSA) is 57.8 Å². The van der Waals surface area contributed by atoms with Crippen LogP contribution < -0.4 is 5.32 Å². The normalized spacial score (nSPS) is 11.0. The molecule has 0 spiro atoms. The number of nitrogens with one attached hydrogen (secondary N) is 2. The highest BCUT2D eigenvalue weighted by Crippen LogP contribution is 2.24. The van der Waals surface area contributed by atoms with Crippen molar-refractivity contribution in [3.8, 4) is 0 Å². The molecule has 3 aromatic carbocycles. The van der Waals surface area contributed by atoms with Crippen molar-refractivity contribution in [3.05, 3.63) is 102 Å². The number of hydrogen-bond acceptors (Lipinski definition) is 2. The molecule has 0 aliphatic rings. The molecule has 1 amide bonds. The summed E-state index contributed by atoms with van der Waals surface area (Å²) in [5.41, 5.74) is 4.71. The molecular weight excluding hydrogens is 322 g/mol. The van der Waals surface area contributed by atoms with Gasteiger partial charge < -0.3 is 10.3 Å². The molecule has 4 aromatic rings. The highest BCUT2D eigenvalue weighted by molar-refractivity contribution is 5.97. The second-order valence-electron chi connectivity index (χ2n) is 6.22. The second kappa shape index (κ2) is 7.23. The SMILES string of the molecule is O=C(NCC(c1ccccc1)c1ccccc1)c1ccc2nc[nH]c2c1. The Morgan fingerprint density at radius 3 is 2.23 bits per heavy atom. The summed E-state index contributed by atoms with van der Waals surface area (Å²) in [4.78, 5) is 19.9. The van der Waals surface area contributed by atoms with Crippen LogP contribution in [0.15, 0.2) is 85.2 Å². The predicted molar refractivity (Wildman–Crippen MR) is 103 cm³/mol. The van der Waals surface area contributed by atoms with Crippen LogP contribution in [-0.4, -0.2) is 22.4 Å². The van der Waals surface area contributed by atoms with Gasteiger partial charge in [-0.15, -0.1) is 0 Å². The van der Waals surface area contributed by atoms with Crippen LogP contribution >= 0.6 is 0 Å². The van der Waals surface area contributed by atoms with E-state index in [-0.39, 0.29) is 11.8 Å². The first-order valence-corrected chi connectivity index (χ1v) is 8.62. The van der Waals surface area contributed by atoms with E-state index >= 15 is 0 Å². The molecule has 0 fully saturated rings. The van der Waals surface area contributed by atoms with Crippen LogP contribution in [0.4, 0.5) is 0 Å². The Hall–Kier alpha value is -3.40. The van der Waals surface area contributed by atoms with Crippen LogP contribution in [0.5, 0.6) is 0 Å².